The third-order valence-electron chi connectivity index (χ3n) is 4.17. The van der Waals surface area contributed by atoms with Gasteiger partial charge in [0.1, 0.15) is 0 Å². The molecule has 0 fully saturated rings. The Hall–Kier alpha value is -2.43. The fraction of sp³-hybridized carbons (Fsp3) is 0.0952. The summed E-state index contributed by atoms with van der Waals surface area (Å²) in [4.78, 5) is 13.0. The number of fused-ring (bicyclic) bond motifs is 1. The number of rotatable bonds is 4. The third kappa shape index (κ3) is 3.11. The highest BCUT2D eigenvalue weighted by atomic mass is 32.1. The molecule has 0 radical (unpaired) electrons. The Morgan fingerprint density at radius 1 is 1.00 bits per heavy atom. The van der Waals surface area contributed by atoms with Crippen LogP contribution in [0.3, 0.4) is 0 Å². The summed E-state index contributed by atoms with van der Waals surface area (Å²) >= 11 is 3.56. The SMILES string of the molecule is COC(=O)Cc1ccccc1-c1csc2cc(-c3ccccc3)sc12. The molecule has 4 aromatic rings. The van der Waals surface area contributed by atoms with E-state index >= 15 is 0 Å². The van der Waals surface area contributed by atoms with E-state index in [0.29, 0.717) is 6.42 Å². The number of carbonyl (C=O) groups is 1. The van der Waals surface area contributed by atoms with Crippen molar-refractivity contribution in [2.45, 2.75) is 6.42 Å². The number of carbonyl (C=O) groups excluding carboxylic acids is 1. The lowest BCUT2D eigenvalue weighted by Crippen LogP contribution is -2.05. The van der Waals surface area contributed by atoms with Crippen LogP contribution in [0.5, 0.6) is 0 Å². The van der Waals surface area contributed by atoms with Crippen LogP contribution in [0.15, 0.2) is 66.0 Å². The van der Waals surface area contributed by atoms with Crippen LogP contribution in [-0.4, -0.2) is 13.1 Å². The maximum absolute atomic E-state index is 11.7. The summed E-state index contributed by atoms with van der Waals surface area (Å²) in [6.45, 7) is 0. The second kappa shape index (κ2) is 6.82. The van der Waals surface area contributed by atoms with Crippen LogP contribution in [-0.2, 0) is 16.0 Å². The lowest BCUT2D eigenvalue weighted by atomic mass is 10.00. The van der Waals surface area contributed by atoms with Gasteiger partial charge in [0.15, 0.2) is 0 Å². The van der Waals surface area contributed by atoms with Crippen LogP contribution in [0.1, 0.15) is 5.56 Å². The van der Waals surface area contributed by atoms with E-state index in [-0.39, 0.29) is 5.97 Å². The molecule has 0 bridgehead atoms. The second-order valence-electron chi connectivity index (χ2n) is 5.73. The first kappa shape index (κ1) is 16.1. The van der Waals surface area contributed by atoms with Crippen molar-refractivity contribution in [2.24, 2.45) is 0 Å². The zero-order chi connectivity index (χ0) is 17.2. The molecular weight excluding hydrogens is 348 g/mol. The molecule has 0 aliphatic carbocycles. The topological polar surface area (TPSA) is 26.3 Å². The van der Waals surface area contributed by atoms with E-state index in [0.717, 1.165) is 11.1 Å². The van der Waals surface area contributed by atoms with Gasteiger partial charge in [0.2, 0.25) is 0 Å². The van der Waals surface area contributed by atoms with Crippen molar-refractivity contribution in [2.75, 3.05) is 7.11 Å². The first-order chi connectivity index (χ1) is 12.3. The molecule has 0 aliphatic heterocycles. The minimum atomic E-state index is -0.213. The van der Waals surface area contributed by atoms with Crippen LogP contribution in [0.25, 0.3) is 31.0 Å². The van der Waals surface area contributed by atoms with Crippen LogP contribution in [0, 0.1) is 0 Å². The van der Waals surface area contributed by atoms with Gasteiger partial charge in [0.25, 0.3) is 0 Å². The van der Waals surface area contributed by atoms with E-state index in [1.165, 1.54) is 32.5 Å². The zero-order valence-corrected chi connectivity index (χ0v) is 15.3. The molecule has 0 unspecified atom stereocenters. The lowest BCUT2D eigenvalue weighted by Gasteiger charge is -2.07. The van der Waals surface area contributed by atoms with E-state index in [2.05, 4.69) is 41.8 Å². The molecule has 2 heterocycles. The van der Waals surface area contributed by atoms with Crippen LogP contribution < -0.4 is 0 Å². The molecule has 124 valence electrons. The Balaban J connectivity index is 1.80. The fourth-order valence-electron chi connectivity index (χ4n) is 2.92. The first-order valence-corrected chi connectivity index (χ1v) is 9.67. The van der Waals surface area contributed by atoms with Crippen molar-refractivity contribution in [3.05, 3.63) is 71.6 Å². The maximum Gasteiger partial charge on any atom is 0.309 e. The molecular formula is C21H16O2S2. The standard InChI is InChI=1S/C21H16O2S2/c1-23-20(22)11-15-9-5-6-10-16(15)17-13-24-19-12-18(25-21(17)19)14-7-3-2-4-8-14/h2-10,12-13H,11H2,1H3. The number of methoxy groups -OCH3 is 1. The zero-order valence-electron chi connectivity index (χ0n) is 13.7. The average Bonchev–Trinajstić information content (AvgIpc) is 3.24. The Kier molecular flexibility index (Phi) is 4.38. The summed E-state index contributed by atoms with van der Waals surface area (Å²) in [5, 5.41) is 2.19. The Labute approximate surface area is 154 Å². The molecule has 4 rings (SSSR count). The van der Waals surface area contributed by atoms with Gasteiger partial charge in [-0.1, -0.05) is 54.6 Å². The monoisotopic (exact) mass is 364 g/mol. The molecule has 2 aromatic heterocycles. The van der Waals surface area contributed by atoms with E-state index in [9.17, 15) is 4.79 Å². The van der Waals surface area contributed by atoms with Crippen molar-refractivity contribution in [3.8, 4) is 21.6 Å². The smallest absolute Gasteiger partial charge is 0.309 e. The summed E-state index contributed by atoms with van der Waals surface area (Å²) in [7, 11) is 1.43. The van der Waals surface area contributed by atoms with E-state index in [1.54, 1.807) is 22.7 Å². The molecule has 0 aliphatic rings. The van der Waals surface area contributed by atoms with E-state index in [4.69, 9.17) is 4.74 Å². The summed E-state index contributed by atoms with van der Waals surface area (Å²) in [6.07, 6.45) is 0.293. The number of esters is 1. The average molecular weight is 364 g/mol. The molecule has 0 saturated carbocycles. The van der Waals surface area contributed by atoms with Gasteiger partial charge < -0.3 is 4.74 Å². The molecule has 0 atom stereocenters. The molecule has 0 spiro atoms. The largest absolute Gasteiger partial charge is 0.469 e. The number of benzene rings is 2. The predicted octanol–water partition coefficient (Wildman–Crippen LogP) is 6.01. The quantitative estimate of drug-likeness (QED) is 0.414. The van der Waals surface area contributed by atoms with Gasteiger partial charge in [-0.15, -0.1) is 22.7 Å². The highest BCUT2D eigenvalue weighted by Crippen LogP contribution is 2.43. The summed E-state index contributed by atoms with van der Waals surface area (Å²) < 4.78 is 7.41. The maximum atomic E-state index is 11.7. The lowest BCUT2D eigenvalue weighted by molar-refractivity contribution is -0.139. The van der Waals surface area contributed by atoms with Crippen molar-refractivity contribution in [1.82, 2.24) is 0 Å². The van der Waals surface area contributed by atoms with Crippen molar-refractivity contribution in [1.29, 1.82) is 0 Å². The normalized spacial score (nSPS) is 10.9. The molecule has 0 N–H and O–H groups in total. The summed E-state index contributed by atoms with van der Waals surface area (Å²) in [5.41, 5.74) is 4.56. The fourth-order valence-corrected chi connectivity index (χ4v) is 5.32. The number of thiophene rings is 2. The van der Waals surface area contributed by atoms with Crippen molar-refractivity contribution in [3.63, 3.8) is 0 Å². The minimum Gasteiger partial charge on any atom is -0.469 e. The number of hydrogen-bond acceptors (Lipinski definition) is 4. The molecule has 0 saturated heterocycles. The van der Waals surface area contributed by atoms with Gasteiger partial charge in [-0.25, -0.2) is 0 Å². The Morgan fingerprint density at radius 2 is 1.76 bits per heavy atom. The van der Waals surface area contributed by atoms with Crippen molar-refractivity contribution < 1.29 is 9.53 Å². The molecule has 0 amide bonds. The van der Waals surface area contributed by atoms with Gasteiger partial charge in [-0.05, 0) is 22.8 Å². The van der Waals surface area contributed by atoms with Gasteiger partial charge in [-0.3, -0.25) is 4.79 Å². The summed E-state index contributed by atoms with van der Waals surface area (Å²) in [5.74, 6) is -0.213. The number of ether oxygens (including phenoxy) is 1. The van der Waals surface area contributed by atoms with Crippen LogP contribution in [0.2, 0.25) is 0 Å². The molecule has 2 nitrogen and oxygen atoms in total. The van der Waals surface area contributed by atoms with Gasteiger partial charge in [0.05, 0.1) is 18.2 Å². The second-order valence-corrected chi connectivity index (χ2v) is 7.69. The van der Waals surface area contributed by atoms with Gasteiger partial charge >= 0.3 is 5.97 Å². The Morgan fingerprint density at radius 3 is 2.56 bits per heavy atom. The van der Waals surface area contributed by atoms with Crippen LogP contribution >= 0.6 is 22.7 Å². The first-order valence-electron chi connectivity index (χ1n) is 7.98. The minimum absolute atomic E-state index is 0.213. The van der Waals surface area contributed by atoms with Gasteiger partial charge in [-0.2, -0.15) is 0 Å². The van der Waals surface area contributed by atoms with E-state index in [1.807, 2.05) is 24.3 Å². The highest BCUT2D eigenvalue weighted by Gasteiger charge is 2.15. The molecule has 25 heavy (non-hydrogen) atoms. The van der Waals surface area contributed by atoms with Crippen molar-refractivity contribution >= 4 is 38.0 Å². The number of hydrogen-bond donors (Lipinski definition) is 0. The molecule has 2 aromatic carbocycles. The summed E-state index contributed by atoms with van der Waals surface area (Å²) in [6, 6.07) is 20.8. The molecule has 4 heteroatoms. The highest BCUT2D eigenvalue weighted by molar-refractivity contribution is 7.29. The third-order valence-corrected chi connectivity index (χ3v) is 6.45. The van der Waals surface area contributed by atoms with E-state index < -0.39 is 0 Å². The van der Waals surface area contributed by atoms with Crippen LogP contribution in [0.4, 0.5) is 0 Å². The Bertz CT molecular complexity index is 1030. The predicted molar refractivity (Wildman–Crippen MR) is 106 cm³/mol. The van der Waals surface area contributed by atoms with Gasteiger partial charge in [0, 0.05) is 20.5 Å².